The number of phenols is 1. The molecule has 1 aromatic heterocycles. The molecule has 0 radical (unpaired) electrons. The van der Waals surface area contributed by atoms with E-state index in [0.717, 1.165) is 35.6 Å². The first-order valence-electron chi connectivity index (χ1n) is 8.69. The number of benzene rings is 1. The predicted molar refractivity (Wildman–Crippen MR) is 100 cm³/mol. The minimum Gasteiger partial charge on any atom is -0.508 e. The summed E-state index contributed by atoms with van der Waals surface area (Å²) in [6, 6.07) is 6.03. The zero-order valence-electron chi connectivity index (χ0n) is 14.7. The summed E-state index contributed by atoms with van der Waals surface area (Å²) in [5.41, 5.74) is 3.67. The number of carbonyl (C=O) groups is 1. The van der Waals surface area contributed by atoms with Gasteiger partial charge in [-0.1, -0.05) is 12.1 Å². The van der Waals surface area contributed by atoms with Gasteiger partial charge in [0.25, 0.3) is 5.91 Å². The molecular weight excluding hydrogens is 334 g/mol. The SMILES string of the molecule is Cc1ccc([C@@H]2NC(=O)c3c(sc4c3CCN(C(C)C)C4)N2)c(O)c1. The van der Waals surface area contributed by atoms with Crippen molar-refractivity contribution in [2.45, 2.75) is 45.9 Å². The Bertz CT molecular complexity index is 843. The van der Waals surface area contributed by atoms with E-state index >= 15 is 0 Å². The second kappa shape index (κ2) is 6.04. The zero-order valence-corrected chi connectivity index (χ0v) is 15.5. The van der Waals surface area contributed by atoms with Crippen LogP contribution in [0.1, 0.15) is 51.9 Å². The predicted octanol–water partition coefficient (Wildman–Crippen LogP) is 3.38. The molecule has 4 rings (SSSR count). The van der Waals surface area contributed by atoms with Gasteiger partial charge in [0.15, 0.2) is 0 Å². The molecule has 1 amide bonds. The number of carbonyl (C=O) groups excluding carboxylic acids is 1. The maximum absolute atomic E-state index is 12.8. The number of nitrogens with one attached hydrogen (secondary N) is 2. The maximum Gasteiger partial charge on any atom is 0.256 e. The van der Waals surface area contributed by atoms with Crippen LogP contribution in [0.15, 0.2) is 18.2 Å². The number of hydrogen-bond donors (Lipinski definition) is 3. The summed E-state index contributed by atoms with van der Waals surface area (Å²) in [4.78, 5) is 16.5. The summed E-state index contributed by atoms with van der Waals surface area (Å²) in [7, 11) is 0. The molecule has 0 unspecified atom stereocenters. The fourth-order valence-electron chi connectivity index (χ4n) is 3.63. The van der Waals surface area contributed by atoms with Gasteiger partial charge >= 0.3 is 0 Å². The van der Waals surface area contributed by atoms with Crippen molar-refractivity contribution >= 4 is 22.2 Å². The number of hydrogen-bond acceptors (Lipinski definition) is 5. The van der Waals surface area contributed by atoms with Crippen LogP contribution >= 0.6 is 11.3 Å². The summed E-state index contributed by atoms with van der Waals surface area (Å²) in [6.45, 7) is 8.24. The highest BCUT2D eigenvalue weighted by atomic mass is 32.1. The first-order chi connectivity index (χ1) is 11.9. The number of aromatic hydroxyl groups is 1. The molecule has 1 atom stereocenters. The van der Waals surface area contributed by atoms with Crippen LogP contribution < -0.4 is 10.6 Å². The Hall–Kier alpha value is -2.05. The monoisotopic (exact) mass is 357 g/mol. The molecule has 0 spiro atoms. The van der Waals surface area contributed by atoms with Gasteiger partial charge in [-0.25, -0.2) is 0 Å². The van der Waals surface area contributed by atoms with Gasteiger partial charge in [0.2, 0.25) is 0 Å². The lowest BCUT2D eigenvalue weighted by Gasteiger charge is -2.31. The van der Waals surface area contributed by atoms with E-state index in [9.17, 15) is 9.90 Å². The molecule has 0 saturated heterocycles. The van der Waals surface area contributed by atoms with Crippen molar-refractivity contribution in [1.29, 1.82) is 0 Å². The highest BCUT2D eigenvalue weighted by molar-refractivity contribution is 7.16. The lowest BCUT2D eigenvalue weighted by atomic mass is 9.99. The second-order valence-electron chi connectivity index (χ2n) is 7.14. The largest absolute Gasteiger partial charge is 0.508 e. The fraction of sp³-hybridized carbons (Fsp3) is 0.421. The molecule has 2 aliphatic rings. The Kier molecular flexibility index (Phi) is 3.96. The average Bonchev–Trinajstić information content (AvgIpc) is 2.92. The molecule has 132 valence electrons. The van der Waals surface area contributed by atoms with Crippen LogP contribution in [0.25, 0.3) is 0 Å². The van der Waals surface area contributed by atoms with E-state index in [4.69, 9.17) is 0 Å². The van der Waals surface area contributed by atoms with Crippen LogP contribution in [0.2, 0.25) is 0 Å². The Balaban J connectivity index is 1.67. The van der Waals surface area contributed by atoms with Crippen LogP contribution in [-0.2, 0) is 13.0 Å². The van der Waals surface area contributed by atoms with Crippen molar-refractivity contribution in [2.24, 2.45) is 0 Å². The number of amides is 1. The molecule has 2 aromatic rings. The van der Waals surface area contributed by atoms with E-state index in [1.165, 1.54) is 10.4 Å². The maximum atomic E-state index is 12.8. The molecule has 3 heterocycles. The molecule has 2 aliphatic heterocycles. The van der Waals surface area contributed by atoms with Gasteiger partial charge in [-0.2, -0.15) is 0 Å². The highest BCUT2D eigenvalue weighted by Gasteiger charge is 2.34. The number of rotatable bonds is 2. The molecule has 5 nitrogen and oxygen atoms in total. The van der Waals surface area contributed by atoms with Gasteiger partial charge in [0, 0.05) is 29.6 Å². The zero-order chi connectivity index (χ0) is 17.7. The van der Waals surface area contributed by atoms with Crippen LogP contribution in [-0.4, -0.2) is 28.5 Å². The van der Waals surface area contributed by atoms with E-state index in [-0.39, 0.29) is 11.7 Å². The lowest BCUT2D eigenvalue weighted by molar-refractivity contribution is 0.0934. The van der Waals surface area contributed by atoms with Crippen LogP contribution in [0.5, 0.6) is 5.75 Å². The first-order valence-corrected chi connectivity index (χ1v) is 9.51. The van der Waals surface area contributed by atoms with E-state index in [0.29, 0.717) is 11.6 Å². The van der Waals surface area contributed by atoms with E-state index in [2.05, 4.69) is 29.4 Å². The number of nitrogens with zero attached hydrogens (tertiary/aromatic N) is 1. The van der Waals surface area contributed by atoms with Gasteiger partial charge in [-0.15, -0.1) is 11.3 Å². The first kappa shape index (κ1) is 16.4. The fourth-order valence-corrected chi connectivity index (χ4v) is 4.93. The average molecular weight is 357 g/mol. The number of fused-ring (bicyclic) bond motifs is 3. The van der Waals surface area contributed by atoms with Crippen molar-refractivity contribution in [3.05, 3.63) is 45.3 Å². The van der Waals surface area contributed by atoms with Gasteiger partial charge in [0.05, 0.1) is 5.56 Å². The molecule has 6 heteroatoms. The molecule has 0 bridgehead atoms. The van der Waals surface area contributed by atoms with Gasteiger partial charge < -0.3 is 15.7 Å². The van der Waals surface area contributed by atoms with Gasteiger partial charge in [-0.3, -0.25) is 9.69 Å². The third-order valence-electron chi connectivity index (χ3n) is 5.09. The smallest absolute Gasteiger partial charge is 0.256 e. The summed E-state index contributed by atoms with van der Waals surface area (Å²) >= 11 is 1.67. The summed E-state index contributed by atoms with van der Waals surface area (Å²) in [6.07, 6.45) is 0.511. The second-order valence-corrected chi connectivity index (χ2v) is 8.24. The standard InChI is InChI=1S/C19H23N3O2S/c1-10(2)22-7-6-13-15(9-22)25-19-16(13)18(24)20-17(21-19)12-5-4-11(3)8-14(12)23/h4-5,8,10,17,21,23H,6-7,9H2,1-3H3,(H,20,24)/t17-/m1/s1. The molecule has 25 heavy (non-hydrogen) atoms. The Morgan fingerprint density at radius 3 is 2.84 bits per heavy atom. The van der Waals surface area contributed by atoms with Crippen molar-refractivity contribution in [1.82, 2.24) is 10.2 Å². The number of aryl methyl sites for hydroxylation is 1. The van der Waals surface area contributed by atoms with Crippen LogP contribution in [0.3, 0.4) is 0 Å². The number of phenolic OH excluding ortho intramolecular Hbond substituents is 1. The van der Waals surface area contributed by atoms with E-state index in [1.54, 1.807) is 17.4 Å². The number of thiophene rings is 1. The van der Waals surface area contributed by atoms with Crippen LogP contribution in [0, 0.1) is 6.92 Å². The topological polar surface area (TPSA) is 64.6 Å². The van der Waals surface area contributed by atoms with Crippen molar-refractivity contribution in [3.63, 3.8) is 0 Å². The molecule has 0 aliphatic carbocycles. The Labute approximate surface area is 151 Å². The molecule has 3 N–H and O–H groups in total. The van der Waals surface area contributed by atoms with E-state index in [1.807, 2.05) is 19.1 Å². The van der Waals surface area contributed by atoms with Crippen molar-refractivity contribution in [3.8, 4) is 5.75 Å². The quantitative estimate of drug-likeness (QED) is 0.771. The normalized spacial score (nSPS) is 20.0. The molecule has 1 aromatic carbocycles. The van der Waals surface area contributed by atoms with Crippen LogP contribution in [0.4, 0.5) is 5.00 Å². The number of anilines is 1. The Morgan fingerprint density at radius 2 is 2.12 bits per heavy atom. The van der Waals surface area contributed by atoms with Crippen molar-refractivity contribution in [2.75, 3.05) is 11.9 Å². The summed E-state index contributed by atoms with van der Waals surface area (Å²) in [5.74, 6) is 0.155. The molecule has 0 saturated carbocycles. The van der Waals surface area contributed by atoms with Gasteiger partial charge in [0.1, 0.15) is 16.9 Å². The minimum absolute atomic E-state index is 0.0470. The lowest BCUT2D eigenvalue weighted by Crippen LogP contribution is -2.39. The third-order valence-corrected chi connectivity index (χ3v) is 6.24. The highest BCUT2D eigenvalue weighted by Crippen LogP contribution is 2.41. The third kappa shape index (κ3) is 2.79. The minimum atomic E-state index is -0.401. The summed E-state index contributed by atoms with van der Waals surface area (Å²) < 4.78 is 0. The summed E-state index contributed by atoms with van der Waals surface area (Å²) in [5, 5.41) is 17.6. The van der Waals surface area contributed by atoms with Crippen molar-refractivity contribution < 1.29 is 9.90 Å². The van der Waals surface area contributed by atoms with Gasteiger partial charge in [-0.05, 0) is 44.4 Å². The molecule has 0 fully saturated rings. The molecular formula is C19H23N3O2S. The van der Waals surface area contributed by atoms with E-state index < -0.39 is 6.17 Å². The Morgan fingerprint density at radius 1 is 1.32 bits per heavy atom.